The van der Waals surface area contributed by atoms with Crippen molar-refractivity contribution in [3.05, 3.63) is 80.5 Å². The van der Waals surface area contributed by atoms with Gasteiger partial charge in [-0.3, -0.25) is 4.79 Å². The molecule has 29 heavy (non-hydrogen) atoms. The first-order valence-corrected chi connectivity index (χ1v) is 9.73. The van der Waals surface area contributed by atoms with Crippen molar-refractivity contribution in [2.45, 2.75) is 26.9 Å². The summed E-state index contributed by atoms with van der Waals surface area (Å²) in [5, 5.41) is 4.71. The van der Waals surface area contributed by atoms with E-state index in [1.54, 1.807) is 10.8 Å². The molecule has 0 N–H and O–H groups in total. The Hall–Kier alpha value is -2.71. The standard InChI is InChI=1S/C20H17BrN6O.ClH/c1-12-4-3-7-25(20(12)28)10-18-23-19-15-8-14(21)5-6-16(15)26-11-22-13(2)17(26)9-27(19)24-18;/h3-8,11H,9-10H2,1-2H3;1H. The summed E-state index contributed by atoms with van der Waals surface area (Å²) >= 11 is 3.56. The number of hydrogen-bond acceptors (Lipinski definition) is 4. The molecule has 0 radical (unpaired) electrons. The van der Waals surface area contributed by atoms with Crippen LogP contribution in [-0.2, 0) is 13.1 Å². The number of halogens is 2. The van der Waals surface area contributed by atoms with Gasteiger partial charge in [0.2, 0.25) is 0 Å². The number of fused-ring (bicyclic) bond motifs is 5. The van der Waals surface area contributed by atoms with E-state index < -0.39 is 0 Å². The van der Waals surface area contributed by atoms with Crippen molar-refractivity contribution in [1.82, 2.24) is 28.9 Å². The fourth-order valence-electron chi connectivity index (χ4n) is 3.60. The van der Waals surface area contributed by atoms with Gasteiger partial charge in [-0.1, -0.05) is 22.0 Å². The Balaban J connectivity index is 0.00000205. The van der Waals surface area contributed by atoms with Gasteiger partial charge in [-0.15, -0.1) is 12.4 Å². The van der Waals surface area contributed by atoms with E-state index in [-0.39, 0.29) is 18.0 Å². The van der Waals surface area contributed by atoms with E-state index in [4.69, 9.17) is 10.1 Å². The maximum absolute atomic E-state index is 12.4. The Labute approximate surface area is 181 Å². The Morgan fingerprint density at radius 2 is 2.03 bits per heavy atom. The largest absolute Gasteiger partial charge is 0.308 e. The van der Waals surface area contributed by atoms with Gasteiger partial charge in [-0.05, 0) is 38.1 Å². The van der Waals surface area contributed by atoms with Crippen LogP contribution in [0.4, 0.5) is 0 Å². The van der Waals surface area contributed by atoms with Crippen LogP contribution in [0, 0.1) is 13.8 Å². The second-order valence-electron chi connectivity index (χ2n) is 6.94. The molecule has 0 fully saturated rings. The average Bonchev–Trinajstić information content (AvgIpc) is 3.20. The summed E-state index contributed by atoms with van der Waals surface area (Å²) < 4.78 is 6.60. The third-order valence-corrected chi connectivity index (χ3v) is 5.56. The van der Waals surface area contributed by atoms with E-state index >= 15 is 0 Å². The molecule has 9 heteroatoms. The molecule has 0 atom stereocenters. The molecule has 7 nitrogen and oxygen atoms in total. The molecule has 1 aliphatic rings. The predicted molar refractivity (Wildman–Crippen MR) is 116 cm³/mol. The molecule has 4 heterocycles. The van der Waals surface area contributed by atoms with E-state index in [0.717, 1.165) is 32.9 Å². The van der Waals surface area contributed by atoms with E-state index in [1.807, 2.05) is 49.1 Å². The number of pyridine rings is 1. The van der Waals surface area contributed by atoms with Crippen molar-refractivity contribution in [2.75, 3.05) is 0 Å². The Bertz CT molecular complexity index is 1290. The molecule has 1 aliphatic heterocycles. The van der Waals surface area contributed by atoms with Gasteiger partial charge < -0.3 is 9.13 Å². The summed E-state index contributed by atoms with van der Waals surface area (Å²) in [6.07, 6.45) is 3.61. The van der Waals surface area contributed by atoms with Gasteiger partial charge in [0.15, 0.2) is 11.6 Å². The summed E-state index contributed by atoms with van der Waals surface area (Å²) in [6.45, 7) is 4.72. The third-order valence-electron chi connectivity index (χ3n) is 5.07. The lowest BCUT2D eigenvalue weighted by atomic mass is 10.1. The fraction of sp³-hybridized carbons (Fsp3) is 0.200. The molecule has 0 saturated carbocycles. The topological polar surface area (TPSA) is 70.5 Å². The number of aromatic nitrogens is 6. The molecule has 0 aliphatic carbocycles. The molecule has 0 amide bonds. The molecule has 3 aromatic heterocycles. The van der Waals surface area contributed by atoms with Crippen LogP contribution in [0.3, 0.4) is 0 Å². The summed E-state index contributed by atoms with van der Waals surface area (Å²) in [4.78, 5) is 21.6. The van der Waals surface area contributed by atoms with Crippen molar-refractivity contribution in [3.8, 4) is 17.1 Å². The van der Waals surface area contributed by atoms with Crippen LogP contribution >= 0.6 is 28.3 Å². The second kappa shape index (κ2) is 7.27. The highest BCUT2D eigenvalue weighted by molar-refractivity contribution is 9.10. The van der Waals surface area contributed by atoms with Gasteiger partial charge in [0.25, 0.3) is 5.56 Å². The summed E-state index contributed by atoms with van der Waals surface area (Å²) in [7, 11) is 0. The third kappa shape index (κ3) is 3.22. The predicted octanol–water partition coefficient (Wildman–Crippen LogP) is 3.50. The highest BCUT2D eigenvalue weighted by Gasteiger charge is 2.24. The van der Waals surface area contributed by atoms with Crippen LogP contribution in [0.25, 0.3) is 17.1 Å². The average molecular weight is 474 g/mol. The lowest BCUT2D eigenvalue weighted by Crippen LogP contribution is -2.22. The summed E-state index contributed by atoms with van der Waals surface area (Å²) in [5.74, 6) is 1.40. The molecule has 5 rings (SSSR count). The number of benzene rings is 1. The van der Waals surface area contributed by atoms with Crippen LogP contribution in [0.5, 0.6) is 0 Å². The monoisotopic (exact) mass is 472 g/mol. The molecule has 1 aromatic carbocycles. The minimum absolute atomic E-state index is 0. The van der Waals surface area contributed by atoms with E-state index in [1.165, 1.54) is 0 Å². The summed E-state index contributed by atoms with van der Waals surface area (Å²) in [6, 6.07) is 9.79. The van der Waals surface area contributed by atoms with Gasteiger partial charge in [0, 0.05) is 21.8 Å². The lowest BCUT2D eigenvalue weighted by molar-refractivity contribution is 0.641. The van der Waals surface area contributed by atoms with Crippen molar-refractivity contribution < 1.29 is 0 Å². The summed E-state index contributed by atoms with van der Waals surface area (Å²) in [5.41, 5.74) is 4.71. The van der Waals surface area contributed by atoms with E-state index in [2.05, 4.69) is 31.5 Å². The molecule has 0 spiro atoms. The minimum atomic E-state index is -0.0236. The van der Waals surface area contributed by atoms with Crippen LogP contribution < -0.4 is 5.56 Å². The zero-order valence-corrected chi connectivity index (χ0v) is 18.2. The maximum Gasteiger partial charge on any atom is 0.253 e. The van der Waals surface area contributed by atoms with Gasteiger partial charge in [-0.2, -0.15) is 5.10 Å². The van der Waals surface area contributed by atoms with Gasteiger partial charge in [0.05, 0.1) is 36.5 Å². The minimum Gasteiger partial charge on any atom is -0.308 e. The second-order valence-corrected chi connectivity index (χ2v) is 7.86. The van der Waals surface area contributed by atoms with Crippen LogP contribution in [0.1, 0.15) is 22.8 Å². The first-order chi connectivity index (χ1) is 13.5. The lowest BCUT2D eigenvalue weighted by Gasteiger charge is -2.09. The molecular weight excluding hydrogens is 456 g/mol. The van der Waals surface area contributed by atoms with Gasteiger partial charge in [0.1, 0.15) is 0 Å². The smallest absolute Gasteiger partial charge is 0.253 e. The molecule has 148 valence electrons. The van der Waals surface area contributed by atoms with E-state index in [9.17, 15) is 4.79 Å². The highest BCUT2D eigenvalue weighted by Crippen LogP contribution is 2.33. The number of nitrogens with zero attached hydrogens (tertiary/aromatic N) is 6. The first kappa shape index (κ1) is 19.6. The maximum atomic E-state index is 12.4. The normalized spacial score (nSPS) is 11.8. The van der Waals surface area contributed by atoms with Crippen molar-refractivity contribution in [2.24, 2.45) is 0 Å². The van der Waals surface area contributed by atoms with Crippen molar-refractivity contribution in [3.63, 3.8) is 0 Å². The van der Waals surface area contributed by atoms with Crippen LogP contribution in [0.2, 0.25) is 0 Å². The number of imidazole rings is 1. The molecule has 0 bridgehead atoms. The molecule has 0 saturated heterocycles. The van der Waals surface area contributed by atoms with Crippen molar-refractivity contribution >= 4 is 28.3 Å². The Morgan fingerprint density at radius 3 is 2.86 bits per heavy atom. The number of rotatable bonds is 2. The van der Waals surface area contributed by atoms with Crippen LogP contribution in [-0.4, -0.2) is 28.9 Å². The fourth-order valence-corrected chi connectivity index (χ4v) is 3.96. The number of aryl methyl sites for hydroxylation is 2. The van der Waals surface area contributed by atoms with Gasteiger partial charge in [-0.25, -0.2) is 14.6 Å². The molecule has 0 unspecified atom stereocenters. The Morgan fingerprint density at radius 1 is 1.21 bits per heavy atom. The quantitative estimate of drug-likeness (QED) is 0.393. The molecule has 4 aromatic rings. The number of hydrogen-bond donors (Lipinski definition) is 0. The highest BCUT2D eigenvalue weighted by atomic mass is 79.9. The van der Waals surface area contributed by atoms with Crippen LogP contribution in [0.15, 0.2) is 52.1 Å². The van der Waals surface area contributed by atoms with E-state index in [0.29, 0.717) is 24.5 Å². The SMILES string of the molecule is Cc1ncn2c1Cn1nc(Cn3cccc(C)c3=O)nc1-c1cc(Br)ccc1-2.Cl. The molecular formula is C20H18BrClN6O. The zero-order valence-electron chi connectivity index (χ0n) is 15.8. The van der Waals surface area contributed by atoms with Gasteiger partial charge >= 0.3 is 0 Å². The Kier molecular flexibility index (Phi) is 4.92. The zero-order chi connectivity index (χ0) is 19.4. The van der Waals surface area contributed by atoms with Crippen molar-refractivity contribution in [1.29, 1.82) is 0 Å². The first-order valence-electron chi connectivity index (χ1n) is 8.94.